The minimum Gasteiger partial charge on any atom is -0.480 e. The van der Waals surface area contributed by atoms with E-state index in [0.29, 0.717) is 11.7 Å². The molecule has 108 valence electrons. The van der Waals surface area contributed by atoms with E-state index < -0.39 is 12.0 Å². The molecule has 0 spiro atoms. The first-order valence-electron chi connectivity index (χ1n) is 6.96. The molecule has 19 heavy (non-hydrogen) atoms. The van der Waals surface area contributed by atoms with Gasteiger partial charge in [-0.25, -0.2) is 9.59 Å². The van der Waals surface area contributed by atoms with Crippen LogP contribution in [-0.4, -0.2) is 45.2 Å². The zero-order valence-electron chi connectivity index (χ0n) is 11.5. The number of aliphatic carboxylic acids is 1. The van der Waals surface area contributed by atoms with Crippen molar-refractivity contribution in [1.82, 2.24) is 10.2 Å². The number of amides is 2. The molecular formula is C13H22N2O3S. The van der Waals surface area contributed by atoms with Gasteiger partial charge in [0, 0.05) is 11.8 Å². The summed E-state index contributed by atoms with van der Waals surface area (Å²) in [5.74, 6) is 0.261. The van der Waals surface area contributed by atoms with Crippen molar-refractivity contribution in [2.24, 2.45) is 5.92 Å². The molecule has 2 rings (SSSR count). The molecule has 6 heteroatoms. The summed E-state index contributed by atoms with van der Waals surface area (Å²) < 4.78 is 0. The predicted octanol–water partition coefficient (Wildman–Crippen LogP) is 2.12. The lowest BCUT2D eigenvalue weighted by atomic mass is 9.82. The van der Waals surface area contributed by atoms with Gasteiger partial charge in [0.1, 0.15) is 6.04 Å². The molecule has 1 saturated heterocycles. The first-order chi connectivity index (χ1) is 9.02. The Balaban J connectivity index is 1.98. The third-order valence-electron chi connectivity index (χ3n) is 3.85. The van der Waals surface area contributed by atoms with Crippen molar-refractivity contribution < 1.29 is 14.7 Å². The summed E-state index contributed by atoms with van der Waals surface area (Å²) in [5.41, 5.74) is 0. The third kappa shape index (κ3) is 3.16. The van der Waals surface area contributed by atoms with Crippen molar-refractivity contribution in [2.45, 2.75) is 57.0 Å². The van der Waals surface area contributed by atoms with Gasteiger partial charge in [-0.05, 0) is 25.2 Å². The zero-order chi connectivity index (χ0) is 14.0. The Morgan fingerprint density at radius 3 is 2.63 bits per heavy atom. The van der Waals surface area contributed by atoms with Crippen LogP contribution in [0.5, 0.6) is 0 Å². The van der Waals surface area contributed by atoms with E-state index in [4.69, 9.17) is 0 Å². The fourth-order valence-electron chi connectivity index (χ4n) is 2.76. The van der Waals surface area contributed by atoms with Crippen LogP contribution < -0.4 is 5.32 Å². The Kier molecular flexibility index (Phi) is 4.60. The molecule has 1 aliphatic heterocycles. The lowest BCUT2D eigenvalue weighted by Crippen LogP contribution is -2.54. The van der Waals surface area contributed by atoms with Crippen molar-refractivity contribution in [3.63, 3.8) is 0 Å². The number of carboxylic acid groups (broad SMARTS) is 1. The van der Waals surface area contributed by atoms with Crippen LogP contribution in [-0.2, 0) is 4.79 Å². The second-order valence-electron chi connectivity index (χ2n) is 5.56. The zero-order valence-corrected chi connectivity index (χ0v) is 12.3. The van der Waals surface area contributed by atoms with Crippen molar-refractivity contribution in [2.75, 3.05) is 5.75 Å². The predicted molar refractivity (Wildman–Crippen MR) is 75.1 cm³/mol. The monoisotopic (exact) mass is 286 g/mol. The fourth-order valence-corrected chi connectivity index (χ4v) is 4.28. The molecule has 1 saturated carbocycles. The van der Waals surface area contributed by atoms with E-state index in [0.717, 1.165) is 25.7 Å². The molecule has 1 heterocycles. The lowest BCUT2D eigenvalue weighted by Gasteiger charge is -2.36. The Morgan fingerprint density at radius 2 is 2.11 bits per heavy atom. The van der Waals surface area contributed by atoms with Gasteiger partial charge in [0.05, 0.1) is 5.37 Å². The minimum absolute atomic E-state index is 0.00333. The van der Waals surface area contributed by atoms with E-state index >= 15 is 0 Å². The molecule has 0 bridgehead atoms. The van der Waals surface area contributed by atoms with Crippen LogP contribution in [0.1, 0.15) is 39.5 Å². The number of carbonyl (C=O) groups is 2. The van der Waals surface area contributed by atoms with Crippen molar-refractivity contribution in [1.29, 1.82) is 0 Å². The lowest BCUT2D eigenvalue weighted by molar-refractivity contribution is -0.141. The van der Waals surface area contributed by atoms with Gasteiger partial charge in [-0.3, -0.25) is 4.90 Å². The molecular weight excluding hydrogens is 264 g/mol. The molecule has 0 aromatic carbocycles. The van der Waals surface area contributed by atoms with E-state index in [1.807, 2.05) is 0 Å². The quantitative estimate of drug-likeness (QED) is 0.830. The number of nitrogens with one attached hydrogen (secondary N) is 1. The maximum atomic E-state index is 12.3. The summed E-state index contributed by atoms with van der Waals surface area (Å²) in [4.78, 5) is 25.1. The van der Waals surface area contributed by atoms with Crippen LogP contribution in [0.3, 0.4) is 0 Å². The highest BCUT2D eigenvalue weighted by molar-refractivity contribution is 8.00. The van der Waals surface area contributed by atoms with Gasteiger partial charge in [0.15, 0.2) is 0 Å². The molecule has 0 radical (unpaired) electrons. The Labute approximate surface area is 118 Å². The van der Waals surface area contributed by atoms with Crippen LogP contribution in [0.4, 0.5) is 4.79 Å². The summed E-state index contributed by atoms with van der Waals surface area (Å²) in [6.45, 7) is 4.21. The van der Waals surface area contributed by atoms with E-state index in [-0.39, 0.29) is 17.4 Å². The SMILES string of the molecule is CCCC1SCC(C(=O)O)N1C(=O)NC1CC(C)C1. The van der Waals surface area contributed by atoms with Gasteiger partial charge >= 0.3 is 12.0 Å². The second-order valence-corrected chi connectivity index (χ2v) is 6.77. The highest BCUT2D eigenvalue weighted by Crippen LogP contribution is 2.33. The standard InChI is InChI=1S/C13H22N2O3S/c1-3-4-11-15(10(7-19-11)12(16)17)13(18)14-9-5-8(2)6-9/h8-11H,3-7H2,1-2H3,(H,14,18)(H,16,17). The molecule has 2 fully saturated rings. The topological polar surface area (TPSA) is 69.6 Å². The van der Waals surface area contributed by atoms with E-state index in [1.165, 1.54) is 0 Å². The molecule has 5 nitrogen and oxygen atoms in total. The molecule has 2 unspecified atom stereocenters. The van der Waals surface area contributed by atoms with Crippen molar-refractivity contribution in [3.05, 3.63) is 0 Å². The van der Waals surface area contributed by atoms with Crippen LogP contribution in [0.15, 0.2) is 0 Å². The second kappa shape index (κ2) is 6.03. The number of hydrogen-bond acceptors (Lipinski definition) is 3. The molecule has 2 N–H and O–H groups in total. The number of hydrogen-bond donors (Lipinski definition) is 2. The Bertz CT molecular complexity index is 358. The first kappa shape index (κ1) is 14.5. The van der Waals surface area contributed by atoms with Gasteiger partial charge in [-0.15, -0.1) is 11.8 Å². The molecule has 2 atom stereocenters. The number of carbonyl (C=O) groups excluding carboxylic acids is 1. The van der Waals surface area contributed by atoms with Gasteiger partial charge in [0.25, 0.3) is 0 Å². The maximum Gasteiger partial charge on any atom is 0.327 e. The van der Waals surface area contributed by atoms with Crippen LogP contribution >= 0.6 is 11.8 Å². The largest absolute Gasteiger partial charge is 0.480 e. The number of thioether (sulfide) groups is 1. The normalized spacial score (nSPS) is 33.9. The Hall–Kier alpha value is -0.910. The van der Waals surface area contributed by atoms with E-state index in [2.05, 4.69) is 19.2 Å². The number of nitrogens with zero attached hydrogens (tertiary/aromatic N) is 1. The summed E-state index contributed by atoms with van der Waals surface area (Å²) in [6, 6.07) is -0.656. The summed E-state index contributed by atoms with van der Waals surface area (Å²) in [7, 11) is 0. The molecule has 1 aliphatic carbocycles. The van der Waals surface area contributed by atoms with Crippen LogP contribution in [0.25, 0.3) is 0 Å². The van der Waals surface area contributed by atoms with Gasteiger partial charge < -0.3 is 10.4 Å². The number of urea groups is 1. The van der Waals surface area contributed by atoms with Crippen molar-refractivity contribution >= 4 is 23.8 Å². The van der Waals surface area contributed by atoms with Gasteiger partial charge in [-0.2, -0.15) is 0 Å². The van der Waals surface area contributed by atoms with E-state index in [1.54, 1.807) is 16.7 Å². The first-order valence-corrected chi connectivity index (χ1v) is 8.01. The summed E-state index contributed by atoms with van der Waals surface area (Å²) in [6.07, 6.45) is 3.81. The fraction of sp³-hybridized carbons (Fsp3) is 0.846. The van der Waals surface area contributed by atoms with Gasteiger partial charge in [-0.1, -0.05) is 20.3 Å². The Morgan fingerprint density at radius 1 is 1.42 bits per heavy atom. The average Bonchev–Trinajstić information content (AvgIpc) is 2.71. The minimum atomic E-state index is -0.900. The number of rotatable bonds is 4. The van der Waals surface area contributed by atoms with Crippen LogP contribution in [0, 0.1) is 5.92 Å². The maximum absolute atomic E-state index is 12.3. The third-order valence-corrected chi connectivity index (χ3v) is 5.20. The van der Waals surface area contributed by atoms with Crippen molar-refractivity contribution in [3.8, 4) is 0 Å². The van der Waals surface area contributed by atoms with Gasteiger partial charge in [0.2, 0.25) is 0 Å². The van der Waals surface area contributed by atoms with Crippen LogP contribution in [0.2, 0.25) is 0 Å². The smallest absolute Gasteiger partial charge is 0.327 e. The summed E-state index contributed by atoms with van der Waals surface area (Å²) >= 11 is 1.58. The van der Waals surface area contributed by atoms with E-state index in [9.17, 15) is 14.7 Å². The highest BCUT2D eigenvalue weighted by Gasteiger charge is 2.42. The molecule has 0 aromatic heterocycles. The summed E-state index contributed by atoms with van der Waals surface area (Å²) in [5, 5.41) is 12.2. The molecule has 0 aromatic rings. The number of carboxylic acids is 1. The highest BCUT2D eigenvalue weighted by atomic mass is 32.2. The molecule has 2 amide bonds. The average molecular weight is 286 g/mol. The molecule has 2 aliphatic rings.